The number of halogens is 3. The summed E-state index contributed by atoms with van der Waals surface area (Å²) in [4.78, 5) is 3.76. The Kier molecular flexibility index (Phi) is 3.57. The van der Waals surface area contributed by atoms with Crippen molar-refractivity contribution in [1.82, 2.24) is 4.98 Å². The number of hydrogen-bond donors (Lipinski definition) is 1. The van der Waals surface area contributed by atoms with Crippen molar-refractivity contribution in [2.24, 2.45) is 0 Å². The molecule has 0 spiro atoms. The molecule has 3 nitrogen and oxygen atoms in total. The molecular formula is C8H6F2IN3. The van der Waals surface area contributed by atoms with Crippen molar-refractivity contribution in [1.29, 1.82) is 5.26 Å². The summed E-state index contributed by atoms with van der Waals surface area (Å²) in [6, 6.07) is 1.86. The Morgan fingerprint density at radius 3 is 2.79 bits per heavy atom. The van der Waals surface area contributed by atoms with Gasteiger partial charge < -0.3 is 5.73 Å². The number of nitrogen functional groups attached to an aromatic ring is 1. The SMILES string of the molecule is N#CCc1c(I)ncc(C(F)F)c1N. The highest BCUT2D eigenvalue weighted by Crippen LogP contribution is 2.29. The molecule has 14 heavy (non-hydrogen) atoms. The number of hydrogen-bond acceptors (Lipinski definition) is 3. The van der Waals surface area contributed by atoms with Gasteiger partial charge in [0.1, 0.15) is 3.70 Å². The average Bonchev–Trinajstić information content (AvgIpc) is 2.11. The molecule has 0 saturated carbocycles. The Labute approximate surface area is 93.1 Å². The molecule has 0 unspecified atom stereocenters. The topological polar surface area (TPSA) is 62.7 Å². The third-order valence-electron chi connectivity index (χ3n) is 1.69. The van der Waals surface area contributed by atoms with Crippen LogP contribution in [0, 0.1) is 15.0 Å². The van der Waals surface area contributed by atoms with Gasteiger partial charge in [-0.15, -0.1) is 0 Å². The number of nitriles is 1. The van der Waals surface area contributed by atoms with Crippen LogP contribution in [0.1, 0.15) is 17.6 Å². The molecule has 0 aliphatic carbocycles. The van der Waals surface area contributed by atoms with Gasteiger partial charge in [-0.3, -0.25) is 0 Å². The minimum atomic E-state index is -2.66. The maximum absolute atomic E-state index is 12.4. The number of aromatic nitrogens is 1. The lowest BCUT2D eigenvalue weighted by molar-refractivity contribution is 0.151. The Morgan fingerprint density at radius 1 is 1.64 bits per heavy atom. The van der Waals surface area contributed by atoms with Crippen molar-refractivity contribution >= 4 is 28.3 Å². The Hall–Kier alpha value is -0.970. The van der Waals surface area contributed by atoms with E-state index in [0.717, 1.165) is 6.20 Å². The fourth-order valence-electron chi connectivity index (χ4n) is 0.980. The van der Waals surface area contributed by atoms with Crippen LogP contribution < -0.4 is 5.73 Å². The summed E-state index contributed by atoms with van der Waals surface area (Å²) in [6.07, 6.45) is -1.61. The summed E-state index contributed by atoms with van der Waals surface area (Å²) in [5, 5.41) is 8.47. The zero-order valence-electron chi connectivity index (χ0n) is 6.97. The van der Waals surface area contributed by atoms with Crippen molar-refractivity contribution in [3.8, 4) is 6.07 Å². The lowest BCUT2D eigenvalue weighted by Gasteiger charge is -2.08. The smallest absolute Gasteiger partial charge is 0.267 e. The van der Waals surface area contributed by atoms with E-state index in [1.807, 2.05) is 28.7 Å². The number of nitrogens with two attached hydrogens (primary N) is 1. The highest BCUT2D eigenvalue weighted by Gasteiger charge is 2.16. The number of alkyl halides is 2. The van der Waals surface area contributed by atoms with Crippen LogP contribution in [0.4, 0.5) is 14.5 Å². The number of anilines is 1. The van der Waals surface area contributed by atoms with E-state index < -0.39 is 6.43 Å². The molecule has 1 rings (SSSR count). The standard InChI is InChI=1S/C8H6F2IN3/c9-7(10)5-3-14-8(11)4(1-2-12)6(5)13/h3,7H,1H2,(H2,13,14). The first kappa shape index (κ1) is 11.1. The van der Waals surface area contributed by atoms with E-state index >= 15 is 0 Å². The second-order valence-electron chi connectivity index (χ2n) is 2.53. The molecule has 0 aliphatic heterocycles. The van der Waals surface area contributed by atoms with Gasteiger partial charge in [0, 0.05) is 17.4 Å². The first-order valence-electron chi connectivity index (χ1n) is 3.65. The third-order valence-corrected chi connectivity index (χ3v) is 2.62. The molecular weight excluding hydrogens is 303 g/mol. The quantitative estimate of drug-likeness (QED) is 0.673. The van der Waals surface area contributed by atoms with Crippen LogP contribution >= 0.6 is 22.6 Å². The monoisotopic (exact) mass is 309 g/mol. The molecule has 0 atom stereocenters. The highest BCUT2D eigenvalue weighted by atomic mass is 127. The lowest BCUT2D eigenvalue weighted by Crippen LogP contribution is -2.04. The van der Waals surface area contributed by atoms with Gasteiger partial charge in [0.05, 0.1) is 18.1 Å². The van der Waals surface area contributed by atoms with E-state index in [0.29, 0.717) is 9.26 Å². The van der Waals surface area contributed by atoms with Crippen LogP contribution in [0.15, 0.2) is 6.20 Å². The molecule has 0 fully saturated rings. The second-order valence-corrected chi connectivity index (χ2v) is 3.55. The van der Waals surface area contributed by atoms with Gasteiger partial charge in [0.15, 0.2) is 0 Å². The van der Waals surface area contributed by atoms with E-state index in [4.69, 9.17) is 11.0 Å². The van der Waals surface area contributed by atoms with Crippen LogP contribution in [-0.4, -0.2) is 4.98 Å². The predicted molar refractivity (Wildman–Crippen MR) is 55.6 cm³/mol. The maximum Gasteiger partial charge on any atom is 0.267 e. The average molecular weight is 309 g/mol. The normalized spacial score (nSPS) is 10.2. The van der Waals surface area contributed by atoms with E-state index in [1.54, 1.807) is 0 Å². The first-order valence-corrected chi connectivity index (χ1v) is 4.73. The molecule has 0 bridgehead atoms. The molecule has 6 heteroatoms. The molecule has 0 aromatic carbocycles. The summed E-state index contributed by atoms with van der Waals surface area (Å²) in [5.74, 6) is 0. The lowest BCUT2D eigenvalue weighted by atomic mass is 10.1. The van der Waals surface area contributed by atoms with Crippen LogP contribution in [0.2, 0.25) is 0 Å². The Bertz CT molecular complexity index is 387. The fraction of sp³-hybridized carbons (Fsp3) is 0.250. The van der Waals surface area contributed by atoms with Gasteiger partial charge in [-0.25, -0.2) is 13.8 Å². The molecule has 1 heterocycles. The maximum atomic E-state index is 12.4. The van der Waals surface area contributed by atoms with E-state index in [1.165, 1.54) is 0 Å². The first-order chi connectivity index (χ1) is 6.57. The molecule has 0 radical (unpaired) electrons. The minimum absolute atomic E-state index is 0.00231. The van der Waals surface area contributed by atoms with Crippen LogP contribution in [0.25, 0.3) is 0 Å². The number of pyridine rings is 1. The van der Waals surface area contributed by atoms with Crippen molar-refractivity contribution in [2.75, 3.05) is 5.73 Å². The van der Waals surface area contributed by atoms with Gasteiger partial charge in [0.2, 0.25) is 0 Å². The van der Waals surface area contributed by atoms with Crippen molar-refractivity contribution in [3.63, 3.8) is 0 Å². The van der Waals surface area contributed by atoms with Crippen molar-refractivity contribution < 1.29 is 8.78 Å². The number of nitrogens with zero attached hydrogens (tertiary/aromatic N) is 2. The van der Waals surface area contributed by atoms with E-state index in [-0.39, 0.29) is 17.7 Å². The van der Waals surface area contributed by atoms with Gasteiger partial charge >= 0.3 is 0 Å². The summed E-state index contributed by atoms with van der Waals surface area (Å²) in [6.45, 7) is 0. The fourth-order valence-corrected chi connectivity index (χ4v) is 1.60. The molecule has 0 amide bonds. The zero-order valence-corrected chi connectivity index (χ0v) is 9.12. The Balaban J connectivity index is 3.27. The second kappa shape index (κ2) is 4.50. The van der Waals surface area contributed by atoms with Crippen molar-refractivity contribution in [3.05, 3.63) is 21.0 Å². The molecule has 0 saturated heterocycles. The van der Waals surface area contributed by atoms with Gasteiger partial charge in [0.25, 0.3) is 6.43 Å². The highest BCUT2D eigenvalue weighted by molar-refractivity contribution is 14.1. The predicted octanol–water partition coefficient (Wildman–Crippen LogP) is 2.27. The van der Waals surface area contributed by atoms with Gasteiger partial charge in [-0.05, 0) is 22.6 Å². The third kappa shape index (κ3) is 2.09. The largest absolute Gasteiger partial charge is 0.398 e. The molecule has 1 aromatic heterocycles. The van der Waals surface area contributed by atoms with Gasteiger partial charge in [-0.2, -0.15) is 5.26 Å². The van der Waals surface area contributed by atoms with E-state index in [2.05, 4.69) is 4.98 Å². The van der Waals surface area contributed by atoms with E-state index in [9.17, 15) is 8.78 Å². The molecule has 1 aromatic rings. The molecule has 0 aliphatic rings. The minimum Gasteiger partial charge on any atom is -0.398 e. The zero-order chi connectivity index (χ0) is 10.7. The molecule has 2 N–H and O–H groups in total. The van der Waals surface area contributed by atoms with Crippen molar-refractivity contribution in [2.45, 2.75) is 12.8 Å². The Morgan fingerprint density at radius 2 is 2.29 bits per heavy atom. The summed E-state index contributed by atoms with van der Waals surface area (Å²) < 4.78 is 25.2. The van der Waals surface area contributed by atoms with Crippen LogP contribution in [-0.2, 0) is 6.42 Å². The van der Waals surface area contributed by atoms with Crippen LogP contribution in [0.3, 0.4) is 0 Å². The summed E-state index contributed by atoms with van der Waals surface area (Å²) in [7, 11) is 0. The number of rotatable bonds is 2. The van der Waals surface area contributed by atoms with Gasteiger partial charge in [-0.1, -0.05) is 0 Å². The molecule has 74 valence electrons. The summed E-state index contributed by atoms with van der Waals surface area (Å²) >= 11 is 1.86. The summed E-state index contributed by atoms with van der Waals surface area (Å²) in [5.41, 5.74) is 5.54. The van der Waals surface area contributed by atoms with Crippen LogP contribution in [0.5, 0.6) is 0 Å².